The normalized spacial score (nSPS) is 16.9. The van der Waals surface area contributed by atoms with Crippen LogP contribution < -0.4 is 9.47 Å². The summed E-state index contributed by atoms with van der Waals surface area (Å²) in [5, 5.41) is 9.17. The second-order valence-corrected chi connectivity index (χ2v) is 7.36. The summed E-state index contributed by atoms with van der Waals surface area (Å²) in [5.41, 5.74) is 0.940. The maximum atomic E-state index is 12.7. The van der Waals surface area contributed by atoms with E-state index in [-0.39, 0.29) is 23.8 Å². The van der Waals surface area contributed by atoms with Crippen molar-refractivity contribution in [3.8, 4) is 11.5 Å². The number of ether oxygens (including phenoxy) is 2. The van der Waals surface area contributed by atoms with Crippen LogP contribution in [0.15, 0.2) is 41.3 Å². The maximum Gasteiger partial charge on any atom is 0.336 e. The number of aromatic carboxylic acids is 1. The molecule has 2 aromatic carbocycles. The van der Waals surface area contributed by atoms with E-state index in [1.807, 2.05) is 0 Å². The molecule has 0 atom stereocenters. The average molecular weight is 418 g/mol. The van der Waals surface area contributed by atoms with E-state index in [0.717, 1.165) is 16.7 Å². The Morgan fingerprint density at radius 3 is 2.68 bits per heavy atom. The van der Waals surface area contributed by atoms with Gasteiger partial charge in [-0.05, 0) is 41.1 Å². The van der Waals surface area contributed by atoms with Gasteiger partial charge in [0.25, 0.3) is 11.1 Å². The van der Waals surface area contributed by atoms with Gasteiger partial charge in [-0.1, -0.05) is 29.8 Å². The predicted molar refractivity (Wildman–Crippen MR) is 102 cm³/mol. The molecular formula is C19H12ClNO6S. The Morgan fingerprint density at radius 1 is 1.21 bits per heavy atom. The van der Waals surface area contributed by atoms with Gasteiger partial charge in [0.15, 0.2) is 11.5 Å². The van der Waals surface area contributed by atoms with Gasteiger partial charge >= 0.3 is 5.97 Å². The highest BCUT2D eigenvalue weighted by atomic mass is 35.5. The van der Waals surface area contributed by atoms with Gasteiger partial charge in [-0.25, -0.2) is 4.79 Å². The summed E-state index contributed by atoms with van der Waals surface area (Å²) in [6, 6.07) is 9.48. The molecule has 4 rings (SSSR count). The zero-order valence-corrected chi connectivity index (χ0v) is 15.7. The van der Waals surface area contributed by atoms with Crippen LogP contribution in [0.4, 0.5) is 4.79 Å². The summed E-state index contributed by atoms with van der Waals surface area (Å²) in [5.74, 6) is -0.618. The number of hydrogen-bond acceptors (Lipinski definition) is 6. The lowest BCUT2D eigenvalue weighted by atomic mass is 10.1. The number of benzene rings is 2. The minimum absolute atomic E-state index is 0.0297. The Kier molecular flexibility index (Phi) is 4.74. The van der Waals surface area contributed by atoms with Gasteiger partial charge in [-0.3, -0.25) is 14.5 Å². The van der Waals surface area contributed by atoms with E-state index in [1.54, 1.807) is 30.3 Å². The van der Waals surface area contributed by atoms with Gasteiger partial charge in [0.1, 0.15) is 0 Å². The van der Waals surface area contributed by atoms with Crippen molar-refractivity contribution >= 4 is 46.6 Å². The van der Waals surface area contributed by atoms with Gasteiger partial charge in [-0.2, -0.15) is 0 Å². The number of rotatable bonds is 4. The predicted octanol–water partition coefficient (Wildman–Crippen LogP) is 4.00. The fraction of sp³-hybridized carbons (Fsp3) is 0.105. The third-order valence-electron chi connectivity index (χ3n) is 4.22. The molecule has 2 aliphatic heterocycles. The van der Waals surface area contributed by atoms with E-state index in [1.165, 1.54) is 12.1 Å². The Bertz CT molecular complexity index is 1050. The molecule has 2 heterocycles. The minimum atomic E-state index is -1.11. The number of halogens is 1. The third-order valence-corrected chi connectivity index (χ3v) is 5.48. The molecule has 0 unspecified atom stereocenters. The number of imide groups is 1. The Hall–Kier alpha value is -2.97. The minimum Gasteiger partial charge on any atom is -0.478 e. The van der Waals surface area contributed by atoms with Crippen LogP contribution >= 0.6 is 23.4 Å². The van der Waals surface area contributed by atoms with Crippen molar-refractivity contribution in [2.75, 3.05) is 6.79 Å². The summed E-state index contributed by atoms with van der Waals surface area (Å²) in [6.07, 6.45) is 1.41. The van der Waals surface area contributed by atoms with Crippen molar-refractivity contribution in [1.29, 1.82) is 0 Å². The lowest BCUT2D eigenvalue weighted by molar-refractivity contribution is -0.123. The third kappa shape index (κ3) is 3.32. The molecule has 0 spiro atoms. The maximum absolute atomic E-state index is 12.7. The second kappa shape index (κ2) is 7.21. The van der Waals surface area contributed by atoms with Crippen molar-refractivity contribution in [2.24, 2.45) is 0 Å². The summed E-state index contributed by atoms with van der Waals surface area (Å²) in [7, 11) is 0. The Balaban J connectivity index is 1.61. The van der Waals surface area contributed by atoms with E-state index in [0.29, 0.717) is 27.6 Å². The first-order valence-electron chi connectivity index (χ1n) is 8.10. The molecule has 0 aliphatic carbocycles. The molecule has 2 aliphatic rings. The summed E-state index contributed by atoms with van der Waals surface area (Å²) in [6.45, 7) is 0.0560. The van der Waals surface area contributed by atoms with Gasteiger partial charge in [-0.15, -0.1) is 0 Å². The molecule has 0 aromatic heterocycles. The topological polar surface area (TPSA) is 93.1 Å². The number of hydrogen-bond donors (Lipinski definition) is 1. The molecule has 1 fully saturated rings. The first-order chi connectivity index (χ1) is 13.4. The van der Waals surface area contributed by atoms with Crippen LogP contribution in [0.2, 0.25) is 5.02 Å². The first-order valence-corrected chi connectivity index (χ1v) is 9.29. The molecule has 28 heavy (non-hydrogen) atoms. The van der Waals surface area contributed by atoms with E-state index < -0.39 is 17.1 Å². The van der Waals surface area contributed by atoms with Crippen LogP contribution in [-0.4, -0.2) is 33.9 Å². The largest absolute Gasteiger partial charge is 0.478 e. The van der Waals surface area contributed by atoms with Crippen molar-refractivity contribution in [3.05, 3.63) is 63.0 Å². The lowest BCUT2D eigenvalue weighted by Crippen LogP contribution is -2.27. The van der Waals surface area contributed by atoms with Gasteiger partial charge in [0.05, 0.1) is 17.0 Å². The number of amides is 2. The zero-order chi connectivity index (χ0) is 19.8. The fourth-order valence-corrected chi connectivity index (χ4v) is 3.89. The molecule has 9 heteroatoms. The molecule has 142 valence electrons. The van der Waals surface area contributed by atoms with Gasteiger partial charge in [0.2, 0.25) is 6.79 Å². The van der Waals surface area contributed by atoms with Gasteiger partial charge in [0, 0.05) is 11.1 Å². The number of carbonyl (C=O) groups excluding carboxylic acids is 2. The average Bonchev–Trinajstić information content (AvgIpc) is 3.21. The number of carbonyl (C=O) groups is 3. The van der Waals surface area contributed by atoms with Crippen LogP contribution in [0.3, 0.4) is 0 Å². The highest BCUT2D eigenvalue weighted by Gasteiger charge is 2.36. The Labute approximate surface area is 168 Å². The zero-order valence-electron chi connectivity index (χ0n) is 14.2. The molecule has 2 aromatic rings. The fourth-order valence-electron chi connectivity index (χ4n) is 2.85. The summed E-state index contributed by atoms with van der Waals surface area (Å²) >= 11 is 6.99. The van der Waals surface area contributed by atoms with Crippen LogP contribution in [0.25, 0.3) is 6.08 Å². The van der Waals surface area contributed by atoms with Gasteiger partial charge < -0.3 is 14.6 Å². The highest BCUT2D eigenvalue weighted by molar-refractivity contribution is 8.18. The quantitative estimate of drug-likeness (QED) is 0.751. The molecule has 2 amide bonds. The van der Waals surface area contributed by atoms with Crippen LogP contribution in [0.1, 0.15) is 21.5 Å². The summed E-state index contributed by atoms with van der Waals surface area (Å²) in [4.78, 5) is 37.6. The van der Waals surface area contributed by atoms with Crippen molar-refractivity contribution in [3.63, 3.8) is 0 Å². The molecular weight excluding hydrogens is 406 g/mol. The van der Waals surface area contributed by atoms with E-state index >= 15 is 0 Å². The van der Waals surface area contributed by atoms with Crippen molar-refractivity contribution in [2.45, 2.75) is 6.54 Å². The van der Waals surface area contributed by atoms with E-state index in [2.05, 4.69) is 0 Å². The number of fused-ring (bicyclic) bond motifs is 1. The number of carboxylic acid groups (broad SMARTS) is 1. The van der Waals surface area contributed by atoms with E-state index in [4.69, 9.17) is 21.1 Å². The number of thioether (sulfide) groups is 1. The molecule has 7 nitrogen and oxygen atoms in total. The Morgan fingerprint density at radius 2 is 1.93 bits per heavy atom. The molecule has 0 saturated carbocycles. The van der Waals surface area contributed by atoms with E-state index in [9.17, 15) is 19.5 Å². The number of nitrogens with zero attached hydrogens (tertiary/aromatic N) is 1. The highest BCUT2D eigenvalue weighted by Crippen LogP contribution is 2.39. The first kappa shape index (κ1) is 18.4. The van der Waals surface area contributed by atoms with Crippen molar-refractivity contribution in [1.82, 2.24) is 4.90 Å². The van der Waals surface area contributed by atoms with Crippen LogP contribution in [0, 0.1) is 0 Å². The standard InChI is InChI=1S/C19H12ClNO6S/c20-13-7-15-14(26-9-27-15)5-11(13)8-21-17(22)16(28-19(21)25)6-10-3-1-2-4-12(10)18(23)24/h1-7H,8-9H2,(H,23,24)/b16-6-. The van der Waals surface area contributed by atoms with Crippen LogP contribution in [0.5, 0.6) is 11.5 Å². The lowest BCUT2D eigenvalue weighted by Gasteiger charge is -2.14. The molecule has 0 radical (unpaired) electrons. The molecule has 1 N–H and O–H groups in total. The SMILES string of the molecule is O=C(O)c1ccccc1/C=C1\SC(=O)N(Cc2cc3c(cc2Cl)OCO3)C1=O. The van der Waals surface area contributed by atoms with Crippen molar-refractivity contribution < 1.29 is 29.0 Å². The molecule has 0 bridgehead atoms. The molecule has 1 saturated heterocycles. The summed E-state index contributed by atoms with van der Waals surface area (Å²) < 4.78 is 10.6. The smallest absolute Gasteiger partial charge is 0.336 e. The monoisotopic (exact) mass is 417 g/mol. The second-order valence-electron chi connectivity index (χ2n) is 5.96. The number of carboxylic acids is 1. The van der Waals surface area contributed by atoms with Crippen LogP contribution in [-0.2, 0) is 11.3 Å².